The lowest BCUT2D eigenvalue weighted by molar-refractivity contribution is -0.139. The summed E-state index contributed by atoms with van der Waals surface area (Å²) in [6, 6.07) is 14.7. The zero-order valence-corrected chi connectivity index (χ0v) is 27.4. The van der Waals surface area contributed by atoms with E-state index < -0.39 is 22.0 Å². The quantitative estimate of drug-likeness (QED) is 0.283. The van der Waals surface area contributed by atoms with Gasteiger partial charge in [-0.2, -0.15) is 0 Å². The second kappa shape index (κ2) is 12.7. The van der Waals surface area contributed by atoms with E-state index in [-0.39, 0.29) is 24.4 Å². The normalized spacial score (nSPS) is 25.2. The molecule has 2 aromatic rings. The fourth-order valence-electron chi connectivity index (χ4n) is 7.96. The summed E-state index contributed by atoms with van der Waals surface area (Å²) in [5.41, 5.74) is 2.84. The SMILES string of the molecule is CCCCNC(=O)[C@H](C)N(Cc1ccc(Br)cc1)C(=O)CN(c1ccc(C23CC4CC(CC(C4)C2)C3)cc1)S(C)(=O)=O. The Morgan fingerprint density at radius 1 is 0.976 bits per heavy atom. The highest BCUT2D eigenvalue weighted by Gasteiger charge is 2.51. The first-order valence-electron chi connectivity index (χ1n) is 15.4. The van der Waals surface area contributed by atoms with Crippen molar-refractivity contribution in [3.8, 4) is 0 Å². The van der Waals surface area contributed by atoms with E-state index in [4.69, 9.17) is 0 Å². The Balaban J connectivity index is 1.36. The number of benzene rings is 2. The number of hydrogen-bond donors (Lipinski definition) is 1. The zero-order valence-electron chi connectivity index (χ0n) is 25.0. The van der Waals surface area contributed by atoms with Crippen molar-refractivity contribution in [1.82, 2.24) is 10.2 Å². The Labute approximate surface area is 259 Å². The highest BCUT2D eigenvalue weighted by Crippen LogP contribution is 2.60. The van der Waals surface area contributed by atoms with Crippen LogP contribution in [0.4, 0.5) is 5.69 Å². The number of carbonyl (C=O) groups excluding carboxylic acids is 2. The zero-order chi connectivity index (χ0) is 30.1. The summed E-state index contributed by atoms with van der Waals surface area (Å²) in [5.74, 6) is 1.78. The van der Waals surface area contributed by atoms with E-state index in [2.05, 4.69) is 33.4 Å². The molecule has 2 amide bonds. The van der Waals surface area contributed by atoms with E-state index >= 15 is 0 Å². The maximum absolute atomic E-state index is 13.8. The van der Waals surface area contributed by atoms with Crippen molar-refractivity contribution in [2.45, 2.75) is 83.2 Å². The Kier molecular flexibility index (Phi) is 9.38. The van der Waals surface area contributed by atoms with E-state index in [9.17, 15) is 18.0 Å². The van der Waals surface area contributed by atoms with Crippen LogP contribution < -0.4 is 9.62 Å². The minimum absolute atomic E-state index is 0.192. The molecule has 42 heavy (non-hydrogen) atoms. The van der Waals surface area contributed by atoms with Crippen LogP contribution in [0.15, 0.2) is 53.0 Å². The van der Waals surface area contributed by atoms with Crippen molar-refractivity contribution in [1.29, 1.82) is 0 Å². The van der Waals surface area contributed by atoms with E-state index in [0.717, 1.165) is 46.9 Å². The van der Waals surface area contributed by atoms with Crippen molar-refractivity contribution >= 4 is 43.5 Å². The Morgan fingerprint density at radius 3 is 2.07 bits per heavy atom. The van der Waals surface area contributed by atoms with Crippen LogP contribution in [0, 0.1) is 17.8 Å². The number of anilines is 1. The predicted molar refractivity (Wildman–Crippen MR) is 171 cm³/mol. The molecular formula is C33H44BrN3O4S. The third-order valence-electron chi connectivity index (χ3n) is 9.75. The van der Waals surface area contributed by atoms with Crippen LogP contribution >= 0.6 is 15.9 Å². The summed E-state index contributed by atoms with van der Waals surface area (Å²) >= 11 is 3.44. The number of halogens is 1. The van der Waals surface area contributed by atoms with E-state index in [1.807, 2.05) is 43.3 Å². The smallest absolute Gasteiger partial charge is 0.244 e. The van der Waals surface area contributed by atoms with Gasteiger partial charge in [-0.3, -0.25) is 13.9 Å². The number of carbonyl (C=O) groups is 2. The first-order valence-corrected chi connectivity index (χ1v) is 18.0. The van der Waals surface area contributed by atoms with Gasteiger partial charge in [0.05, 0.1) is 11.9 Å². The van der Waals surface area contributed by atoms with Crippen molar-refractivity contribution < 1.29 is 18.0 Å². The second-order valence-corrected chi connectivity index (χ2v) is 15.8. The fourth-order valence-corrected chi connectivity index (χ4v) is 9.08. The molecule has 4 bridgehead atoms. The van der Waals surface area contributed by atoms with Gasteiger partial charge < -0.3 is 10.2 Å². The van der Waals surface area contributed by atoms with Crippen molar-refractivity contribution in [3.63, 3.8) is 0 Å². The maximum Gasteiger partial charge on any atom is 0.244 e. The molecule has 1 N–H and O–H groups in total. The summed E-state index contributed by atoms with van der Waals surface area (Å²) < 4.78 is 28.2. The molecule has 228 valence electrons. The molecule has 4 saturated carbocycles. The Bertz CT molecular complexity index is 1340. The number of sulfonamides is 1. The van der Waals surface area contributed by atoms with E-state index in [1.165, 1.54) is 53.3 Å². The van der Waals surface area contributed by atoms with Crippen LogP contribution in [0.2, 0.25) is 0 Å². The lowest BCUT2D eigenvalue weighted by Gasteiger charge is -2.57. The summed E-state index contributed by atoms with van der Waals surface area (Å²) in [6.45, 7) is 4.10. The highest BCUT2D eigenvalue weighted by atomic mass is 79.9. The largest absolute Gasteiger partial charge is 0.354 e. The summed E-state index contributed by atoms with van der Waals surface area (Å²) in [6.07, 6.45) is 10.7. The highest BCUT2D eigenvalue weighted by molar-refractivity contribution is 9.10. The Morgan fingerprint density at radius 2 is 1.55 bits per heavy atom. The van der Waals surface area contributed by atoms with Gasteiger partial charge in [0.1, 0.15) is 12.6 Å². The van der Waals surface area contributed by atoms with Crippen molar-refractivity contribution in [2.75, 3.05) is 23.7 Å². The van der Waals surface area contributed by atoms with Crippen LogP contribution in [0.3, 0.4) is 0 Å². The van der Waals surface area contributed by atoms with Crippen LogP contribution in [0.1, 0.15) is 76.3 Å². The molecule has 0 radical (unpaired) electrons. The molecule has 0 saturated heterocycles. The maximum atomic E-state index is 13.8. The predicted octanol–water partition coefficient (Wildman–Crippen LogP) is 6.02. The monoisotopic (exact) mass is 657 g/mol. The van der Waals surface area contributed by atoms with Crippen LogP contribution in [0.25, 0.3) is 0 Å². The molecule has 0 aliphatic heterocycles. The summed E-state index contributed by atoms with van der Waals surface area (Å²) in [5, 5.41) is 2.92. The fraction of sp³-hybridized carbons (Fsp3) is 0.576. The first-order chi connectivity index (χ1) is 20.0. The van der Waals surface area contributed by atoms with Crippen molar-refractivity contribution in [2.24, 2.45) is 17.8 Å². The molecular weight excluding hydrogens is 614 g/mol. The second-order valence-electron chi connectivity index (χ2n) is 13.0. The number of hydrogen-bond acceptors (Lipinski definition) is 4. The molecule has 1 atom stereocenters. The molecule has 0 spiro atoms. The molecule has 0 heterocycles. The van der Waals surface area contributed by atoms with Gasteiger partial charge in [-0.1, -0.05) is 53.5 Å². The minimum atomic E-state index is -3.77. The van der Waals surface area contributed by atoms with Crippen LogP contribution in [-0.2, 0) is 31.6 Å². The molecule has 0 aromatic heterocycles. The Hall–Kier alpha value is -2.39. The minimum Gasteiger partial charge on any atom is -0.354 e. The number of amides is 2. The van der Waals surface area contributed by atoms with Gasteiger partial charge in [0.2, 0.25) is 21.8 Å². The molecule has 0 unspecified atom stereocenters. The van der Waals surface area contributed by atoms with Gasteiger partial charge in [-0.15, -0.1) is 0 Å². The van der Waals surface area contributed by atoms with Crippen LogP contribution in [-0.4, -0.2) is 50.5 Å². The third kappa shape index (κ3) is 6.88. The van der Waals surface area contributed by atoms with Gasteiger partial charge in [-0.25, -0.2) is 8.42 Å². The van der Waals surface area contributed by atoms with Gasteiger partial charge >= 0.3 is 0 Å². The topological polar surface area (TPSA) is 86.8 Å². The lowest BCUT2D eigenvalue weighted by atomic mass is 9.48. The van der Waals surface area contributed by atoms with Gasteiger partial charge in [0, 0.05) is 17.6 Å². The van der Waals surface area contributed by atoms with E-state index in [1.54, 1.807) is 6.92 Å². The molecule has 9 heteroatoms. The number of rotatable bonds is 12. The van der Waals surface area contributed by atoms with Crippen molar-refractivity contribution in [3.05, 3.63) is 64.1 Å². The molecule has 4 aliphatic carbocycles. The van der Waals surface area contributed by atoms with Gasteiger partial charge in [0.25, 0.3) is 0 Å². The lowest BCUT2D eigenvalue weighted by Crippen LogP contribution is -2.51. The van der Waals surface area contributed by atoms with Gasteiger partial charge in [-0.05, 0) is 110 Å². The third-order valence-corrected chi connectivity index (χ3v) is 11.4. The standard InChI is InChI=1S/C33H44BrN3O4S/c1-4-5-14-35-32(39)23(2)36(21-24-6-10-29(34)11-7-24)31(38)22-37(42(3,40)41)30-12-8-28(9-13-30)33-18-25-15-26(19-33)17-27(16-25)20-33/h6-13,23,25-27H,4-5,14-22H2,1-3H3,(H,35,39)/t23-,25?,26?,27?,33?/m0/s1. The summed E-state index contributed by atoms with van der Waals surface area (Å²) in [7, 11) is -3.77. The average molecular weight is 659 g/mol. The molecule has 4 fully saturated rings. The van der Waals surface area contributed by atoms with Crippen LogP contribution in [0.5, 0.6) is 0 Å². The molecule has 4 aliphatic rings. The van der Waals surface area contributed by atoms with Gasteiger partial charge in [0.15, 0.2) is 0 Å². The number of nitrogens with one attached hydrogen (secondary N) is 1. The van der Waals surface area contributed by atoms with E-state index in [0.29, 0.717) is 12.2 Å². The summed E-state index contributed by atoms with van der Waals surface area (Å²) in [4.78, 5) is 28.3. The number of unbranched alkanes of at least 4 members (excludes halogenated alkanes) is 1. The molecule has 2 aromatic carbocycles. The molecule has 6 rings (SSSR count). The first kappa shape index (κ1) is 31.0. The molecule has 7 nitrogen and oxygen atoms in total. The average Bonchev–Trinajstić information content (AvgIpc) is 2.94. The number of nitrogens with zero attached hydrogens (tertiary/aromatic N) is 2.